The smallest absolute Gasteiger partial charge is 0.128 e. The number of nitrogens with one attached hydrogen (secondary N) is 1. The van der Waals surface area contributed by atoms with Crippen molar-refractivity contribution < 1.29 is 4.39 Å². The van der Waals surface area contributed by atoms with E-state index in [1.807, 2.05) is 6.07 Å². The molecule has 0 radical (unpaired) electrons. The molecule has 1 N–H and O–H groups in total. The van der Waals surface area contributed by atoms with Gasteiger partial charge in [-0.3, -0.25) is 0 Å². The zero-order chi connectivity index (χ0) is 11.0. The SMILES string of the molecule is Fc1ccc2c(c1[C@H]1CCCN1)CCCC2. The Morgan fingerprint density at radius 3 is 2.81 bits per heavy atom. The van der Waals surface area contributed by atoms with E-state index in [1.165, 1.54) is 30.4 Å². The molecular formula is C14H18FN. The molecular weight excluding hydrogens is 201 g/mol. The topological polar surface area (TPSA) is 12.0 Å². The summed E-state index contributed by atoms with van der Waals surface area (Å²) in [5.74, 6) is 0.0000463. The van der Waals surface area contributed by atoms with Crippen LogP contribution in [0.1, 0.15) is 48.4 Å². The standard InChI is InChI=1S/C14H18FN/c15-12-8-7-10-4-1-2-5-11(10)14(12)13-6-3-9-16-13/h7-8,13,16H,1-6,9H2/t13-/m1/s1. The van der Waals surface area contributed by atoms with Gasteiger partial charge in [-0.25, -0.2) is 4.39 Å². The van der Waals surface area contributed by atoms with Crippen molar-refractivity contribution >= 4 is 0 Å². The van der Waals surface area contributed by atoms with Crippen molar-refractivity contribution in [3.05, 3.63) is 34.6 Å². The van der Waals surface area contributed by atoms with Gasteiger partial charge in [-0.2, -0.15) is 0 Å². The van der Waals surface area contributed by atoms with Crippen LogP contribution in [0, 0.1) is 5.82 Å². The van der Waals surface area contributed by atoms with Gasteiger partial charge in [-0.05, 0) is 62.3 Å². The van der Waals surface area contributed by atoms with E-state index in [0.29, 0.717) is 0 Å². The first kappa shape index (κ1) is 10.3. The van der Waals surface area contributed by atoms with Crippen LogP contribution in [0.5, 0.6) is 0 Å². The third-order valence-corrected chi connectivity index (χ3v) is 3.93. The Bertz CT molecular complexity index is 394. The molecule has 1 aromatic carbocycles. The highest BCUT2D eigenvalue weighted by atomic mass is 19.1. The van der Waals surface area contributed by atoms with E-state index in [9.17, 15) is 4.39 Å². The lowest BCUT2D eigenvalue weighted by molar-refractivity contribution is 0.542. The van der Waals surface area contributed by atoms with Crippen molar-refractivity contribution in [2.75, 3.05) is 6.54 Å². The maximum atomic E-state index is 14.0. The predicted molar refractivity (Wildman–Crippen MR) is 63.0 cm³/mol. The number of rotatable bonds is 1. The number of hydrogen-bond acceptors (Lipinski definition) is 1. The molecule has 0 saturated carbocycles. The fourth-order valence-electron chi connectivity index (χ4n) is 3.14. The second kappa shape index (κ2) is 4.17. The molecule has 16 heavy (non-hydrogen) atoms. The van der Waals surface area contributed by atoms with Crippen LogP contribution in [-0.2, 0) is 12.8 Å². The molecule has 0 unspecified atom stereocenters. The Morgan fingerprint density at radius 2 is 2.00 bits per heavy atom. The number of hydrogen-bond donors (Lipinski definition) is 1. The maximum absolute atomic E-state index is 14.0. The van der Waals surface area contributed by atoms with Crippen LogP contribution in [0.25, 0.3) is 0 Å². The number of benzene rings is 1. The average molecular weight is 219 g/mol. The molecule has 0 amide bonds. The van der Waals surface area contributed by atoms with Crippen LogP contribution < -0.4 is 5.32 Å². The van der Waals surface area contributed by atoms with Gasteiger partial charge in [0.1, 0.15) is 5.82 Å². The van der Waals surface area contributed by atoms with Gasteiger partial charge in [0.05, 0.1) is 0 Å². The molecule has 1 aliphatic carbocycles. The molecule has 1 saturated heterocycles. The van der Waals surface area contributed by atoms with Gasteiger partial charge in [-0.15, -0.1) is 0 Å². The van der Waals surface area contributed by atoms with E-state index < -0.39 is 0 Å². The summed E-state index contributed by atoms with van der Waals surface area (Å²) in [6.07, 6.45) is 6.95. The minimum absolute atomic E-state index is 0.0000463. The van der Waals surface area contributed by atoms with Gasteiger partial charge in [-0.1, -0.05) is 6.07 Å². The van der Waals surface area contributed by atoms with Crippen molar-refractivity contribution in [2.24, 2.45) is 0 Å². The summed E-state index contributed by atoms with van der Waals surface area (Å²) in [4.78, 5) is 0. The van der Waals surface area contributed by atoms with E-state index in [-0.39, 0.29) is 11.9 Å². The maximum Gasteiger partial charge on any atom is 0.128 e. The van der Waals surface area contributed by atoms with Crippen LogP contribution in [0.15, 0.2) is 12.1 Å². The molecule has 2 aliphatic rings. The summed E-state index contributed by atoms with van der Waals surface area (Å²) in [5.41, 5.74) is 3.68. The lowest BCUT2D eigenvalue weighted by Crippen LogP contribution is -2.19. The molecule has 2 heteroatoms. The quantitative estimate of drug-likeness (QED) is 0.765. The summed E-state index contributed by atoms with van der Waals surface area (Å²) < 4.78 is 14.0. The van der Waals surface area contributed by atoms with E-state index in [0.717, 1.165) is 31.4 Å². The Kier molecular flexibility index (Phi) is 2.68. The molecule has 0 bridgehead atoms. The highest BCUT2D eigenvalue weighted by Crippen LogP contribution is 2.33. The third-order valence-electron chi connectivity index (χ3n) is 3.93. The summed E-state index contributed by atoms with van der Waals surface area (Å²) in [6.45, 7) is 1.04. The van der Waals surface area contributed by atoms with Crippen LogP contribution >= 0.6 is 0 Å². The van der Waals surface area contributed by atoms with Gasteiger partial charge in [0.2, 0.25) is 0 Å². The van der Waals surface area contributed by atoms with Gasteiger partial charge in [0, 0.05) is 11.6 Å². The molecule has 1 heterocycles. The van der Waals surface area contributed by atoms with Gasteiger partial charge < -0.3 is 5.32 Å². The average Bonchev–Trinajstić information content (AvgIpc) is 2.82. The van der Waals surface area contributed by atoms with Gasteiger partial charge >= 0.3 is 0 Å². The Labute approximate surface area is 96.1 Å². The lowest BCUT2D eigenvalue weighted by atomic mass is 9.85. The minimum atomic E-state index is 0.0000463. The molecule has 3 rings (SSSR count). The minimum Gasteiger partial charge on any atom is -0.310 e. The number of halogens is 1. The second-order valence-electron chi connectivity index (χ2n) is 4.95. The second-order valence-corrected chi connectivity index (χ2v) is 4.95. The molecule has 1 atom stereocenters. The first-order valence-electron chi connectivity index (χ1n) is 6.40. The molecule has 1 aliphatic heterocycles. The van der Waals surface area contributed by atoms with Crippen LogP contribution in [0.3, 0.4) is 0 Å². The van der Waals surface area contributed by atoms with Crippen molar-refractivity contribution in [1.82, 2.24) is 5.32 Å². The van der Waals surface area contributed by atoms with Crippen LogP contribution in [0.4, 0.5) is 4.39 Å². The van der Waals surface area contributed by atoms with Crippen LogP contribution in [0.2, 0.25) is 0 Å². The lowest BCUT2D eigenvalue weighted by Gasteiger charge is -2.23. The number of fused-ring (bicyclic) bond motifs is 1. The molecule has 1 aromatic rings. The summed E-state index contributed by atoms with van der Waals surface area (Å²) in [5, 5.41) is 3.42. The molecule has 0 spiro atoms. The van der Waals surface area contributed by atoms with Crippen molar-refractivity contribution in [1.29, 1.82) is 0 Å². The zero-order valence-electron chi connectivity index (χ0n) is 9.56. The van der Waals surface area contributed by atoms with E-state index in [2.05, 4.69) is 5.32 Å². The Balaban J connectivity index is 2.06. The summed E-state index contributed by atoms with van der Waals surface area (Å²) in [7, 11) is 0. The number of aryl methyl sites for hydroxylation is 1. The fourth-order valence-corrected chi connectivity index (χ4v) is 3.14. The van der Waals surface area contributed by atoms with E-state index in [4.69, 9.17) is 0 Å². The molecule has 1 fully saturated rings. The molecule has 0 aromatic heterocycles. The summed E-state index contributed by atoms with van der Waals surface area (Å²) in [6, 6.07) is 3.93. The predicted octanol–water partition coefficient (Wildman–Crippen LogP) is 3.13. The highest BCUT2D eigenvalue weighted by Gasteiger charge is 2.25. The van der Waals surface area contributed by atoms with Crippen molar-refractivity contribution in [3.63, 3.8) is 0 Å². The highest BCUT2D eigenvalue weighted by molar-refractivity contribution is 5.40. The molecule has 1 nitrogen and oxygen atoms in total. The van der Waals surface area contributed by atoms with Crippen LogP contribution in [-0.4, -0.2) is 6.54 Å². The largest absolute Gasteiger partial charge is 0.310 e. The monoisotopic (exact) mass is 219 g/mol. The van der Waals surface area contributed by atoms with Gasteiger partial charge in [0.15, 0.2) is 0 Å². The first-order chi connectivity index (χ1) is 7.86. The van der Waals surface area contributed by atoms with Crippen molar-refractivity contribution in [2.45, 2.75) is 44.6 Å². The molecule has 86 valence electrons. The first-order valence-corrected chi connectivity index (χ1v) is 6.40. The Hall–Kier alpha value is -0.890. The Morgan fingerprint density at radius 1 is 1.12 bits per heavy atom. The van der Waals surface area contributed by atoms with Gasteiger partial charge in [0.25, 0.3) is 0 Å². The third kappa shape index (κ3) is 1.65. The van der Waals surface area contributed by atoms with E-state index in [1.54, 1.807) is 6.07 Å². The fraction of sp³-hybridized carbons (Fsp3) is 0.571. The summed E-state index contributed by atoms with van der Waals surface area (Å²) >= 11 is 0. The zero-order valence-corrected chi connectivity index (χ0v) is 9.56. The van der Waals surface area contributed by atoms with Crippen molar-refractivity contribution in [3.8, 4) is 0 Å². The van der Waals surface area contributed by atoms with E-state index >= 15 is 0 Å². The normalized spacial score (nSPS) is 24.4.